The van der Waals surface area contributed by atoms with Crippen LogP contribution in [0.25, 0.3) is 10.8 Å². The lowest BCUT2D eigenvalue weighted by Crippen LogP contribution is -2.15. The van der Waals surface area contributed by atoms with Gasteiger partial charge in [0.05, 0.1) is 26.6 Å². The molecule has 43 heavy (non-hydrogen) atoms. The van der Waals surface area contributed by atoms with E-state index in [9.17, 15) is 60.4 Å². The Kier molecular flexibility index (Phi) is 7.93. The molecule has 0 aliphatic carbocycles. The van der Waals surface area contributed by atoms with E-state index in [1.165, 1.54) is 24.3 Å². The second kappa shape index (κ2) is 11.1. The van der Waals surface area contributed by atoms with E-state index in [2.05, 4.69) is 10.6 Å². The second-order valence-corrected chi connectivity index (χ2v) is 11.7. The first-order valence-corrected chi connectivity index (χ1v) is 14.4. The van der Waals surface area contributed by atoms with Crippen LogP contribution in [0.4, 0.5) is 11.4 Å². The van der Waals surface area contributed by atoms with Crippen LogP contribution < -0.4 is 10.6 Å². The van der Waals surface area contributed by atoms with E-state index < -0.39 is 70.7 Å². The van der Waals surface area contributed by atoms with Crippen molar-refractivity contribution in [2.24, 2.45) is 0 Å². The fraction of sp³-hybridized carbons (Fsp3) is 0. The van der Waals surface area contributed by atoms with E-state index in [4.69, 9.17) is 0 Å². The number of aromatic carboxylic acids is 2. The highest BCUT2D eigenvalue weighted by atomic mass is 32.2. The van der Waals surface area contributed by atoms with Gasteiger partial charge in [0.15, 0.2) is 0 Å². The molecule has 4 rings (SSSR count). The minimum absolute atomic E-state index is 0.0570. The number of amides is 2. The monoisotopic (exact) mass is 630 g/mol. The van der Waals surface area contributed by atoms with Crippen LogP contribution in [0, 0.1) is 0 Å². The molecular formula is C26H18N2O13S2. The smallest absolute Gasteiger partial charge is 0.335 e. The number of nitrogens with one attached hydrogen (secondary N) is 2. The minimum Gasteiger partial charge on any atom is -0.507 e. The van der Waals surface area contributed by atoms with Gasteiger partial charge >= 0.3 is 11.9 Å². The van der Waals surface area contributed by atoms with Gasteiger partial charge in [-0.1, -0.05) is 0 Å². The van der Waals surface area contributed by atoms with Crippen molar-refractivity contribution in [2.45, 2.75) is 9.79 Å². The number of rotatable bonds is 8. The number of anilines is 2. The van der Waals surface area contributed by atoms with Crippen LogP contribution in [0.15, 0.2) is 76.5 Å². The summed E-state index contributed by atoms with van der Waals surface area (Å²) in [5.74, 6) is -5.37. The number of carbonyl (C=O) groups excluding carboxylic acids is 2. The molecule has 0 bridgehead atoms. The highest BCUT2D eigenvalue weighted by molar-refractivity contribution is 7.86. The lowest BCUT2D eigenvalue weighted by Gasteiger charge is -2.13. The average molecular weight is 631 g/mol. The van der Waals surface area contributed by atoms with Crippen LogP contribution in [-0.2, 0) is 20.2 Å². The summed E-state index contributed by atoms with van der Waals surface area (Å²) >= 11 is 0. The fourth-order valence-electron chi connectivity index (χ4n) is 3.94. The Hall–Kier alpha value is -5.36. The molecule has 7 N–H and O–H groups in total. The zero-order chi connectivity index (χ0) is 31.9. The molecule has 0 unspecified atom stereocenters. The molecule has 0 spiro atoms. The minimum atomic E-state index is -4.88. The molecule has 17 heteroatoms. The van der Waals surface area contributed by atoms with Gasteiger partial charge in [0.2, 0.25) is 0 Å². The largest absolute Gasteiger partial charge is 0.507 e. The number of phenolic OH excluding ortho intramolecular Hbond substituents is 1. The van der Waals surface area contributed by atoms with Gasteiger partial charge in [-0.05, 0) is 66.0 Å². The molecule has 0 atom stereocenters. The molecule has 2 amide bonds. The van der Waals surface area contributed by atoms with Crippen LogP contribution in [0.3, 0.4) is 0 Å². The molecule has 0 aliphatic rings. The number of phenols is 1. The van der Waals surface area contributed by atoms with Gasteiger partial charge in [0, 0.05) is 28.3 Å². The fourth-order valence-corrected chi connectivity index (χ4v) is 5.02. The third-order valence-corrected chi connectivity index (χ3v) is 7.58. The predicted molar refractivity (Wildman–Crippen MR) is 148 cm³/mol. The quantitative estimate of drug-likeness (QED) is 0.138. The van der Waals surface area contributed by atoms with Gasteiger partial charge in [-0.15, -0.1) is 0 Å². The molecule has 0 heterocycles. The maximum atomic E-state index is 13.0. The first kappa shape index (κ1) is 30.6. The van der Waals surface area contributed by atoms with Crippen molar-refractivity contribution < 1.29 is 60.4 Å². The summed E-state index contributed by atoms with van der Waals surface area (Å²) in [4.78, 5) is 46.7. The Morgan fingerprint density at radius 1 is 0.581 bits per heavy atom. The number of carboxylic acid groups (broad SMARTS) is 2. The Balaban J connectivity index is 1.63. The maximum Gasteiger partial charge on any atom is 0.335 e. The van der Waals surface area contributed by atoms with Crippen molar-refractivity contribution in [2.75, 3.05) is 10.6 Å². The summed E-state index contributed by atoms with van der Waals surface area (Å²) in [5.41, 5.74) is -1.40. The third-order valence-electron chi connectivity index (χ3n) is 5.91. The van der Waals surface area contributed by atoms with Crippen LogP contribution in [0.1, 0.15) is 41.4 Å². The maximum absolute atomic E-state index is 13.0. The predicted octanol–water partition coefficient (Wildman–Crippen LogP) is 2.94. The van der Waals surface area contributed by atoms with Crippen molar-refractivity contribution in [1.82, 2.24) is 0 Å². The van der Waals surface area contributed by atoms with Crippen LogP contribution >= 0.6 is 0 Å². The third kappa shape index (κ3) is 6.76. The zero-order valence-corrected chi connectivity index (χ0v) is 22.8. The molecular weight excluding hydrogens is 612 g/mol. The number of fused-ring (bicyclic) bond motifs is 1. The van der Waals surface area contributed by atoms with Crippen molar-refractivity contribution >= 4 is 66.1 Å². The first-order chi connectivity index (χ1) is 19.9. The van der Waals surface area contributed by atoms with E-state index in [1.54, 1.807) is 0 Å². The Bertz CT molecular complexity index is 2040. The topological polar surface area (TPSA) is 262 Å². The summed E-state index contributed by atoms with van der Waals surface area (Å²) in [6.07, 6.45) is 0. The SMILES string of the molecule is O=C(O)c1cc(C(=O)O)cc(C(=O)Nc2ccc(C(=O)Nc3cc(S(=O)(=O)O)cc4cc(S(=O)(=O)O)cc(O)c34)cc2)c1. The van der Waals surface area contributed by atoms with E-state index in [0.717, 1.165) is 36.4 Å². The molecule has 0 saturated carbocycles. The summed E-state index contributed by atoms with van der Waals surface area (Å²) in [5, 5.41) is 33.1. The van der Waals surface area contributed by atoms with Gasteiger partial charge in [-0.25, -0.2) is 9.59 Å². The van der Waals surface area contributed by atoms with Gasteiger partial charge in [-0.2, -0.15) is 16.8 Å². The van der Waals surface area contributed by atoms with Gasteiger partial charge in [0.1, 0.15) is 5.75 Å². The highest BCUT2D eigenvalue weighted by Gasteiger charge is 2.21. The molecule has 4 aromatic carbocycles. The van der Waals surface area contributed by atoms with Gasteiger partial charge in [0.25, 0.3) is 32.1 Å². The summed E-state index contributed by atoms with van der Waals surface area (Å²) in [6.45, 7) is 0. The second-order valence-electron chi connectivity index (χ2n) is 8.86. The lowest BCUT2D eigenvalue weighted by molar-refractivity contribution is 0.0696. The molecule has 0 aliphatic heterocycles. The van der Waals surface area contributed by atoms with Gasteiger partial charge < -0.3 is 26.0 Å². The number of benzene rings is 4. The molecule has 15 nitrogen and oxygen atoms in total. The molecule has 0 saturated heterocycles. The number of carbonyl (C=O) groups is 4. The number of aromatic hydroxyl groups is 1. The van der Waals surface area contributed by atoms with E-state index in [0.29, 0.717) is 6.07 Å². The van der Waals surface area contributed by atoms with Crippen molar-refractivity contribution in [3.05, 3.63) is 89.0 Å². The number of hydrogen-bond donors (Lipinski definition) is 7. The standard InChI is InChI=1S/C26H18N2O13S2/c29-21-11-19(43(39,40)41)9-13-8-18(42(36,37)38)10-20(22(13)21)28-23(30)12-1-3-17(4-2-12)27-24(31)14-5-15(25(32)33)7-16(6-14)26(34)35/h1-11,29H,(H,27,31)(H,28,30)(H,32,33)(H,34,35)(H,36,37,38)(H,39,40,41). The van der Waals surface area contributed by atoms with Crippen LogP contribution in [0.2, 0.25) is 0 Å². The Morgan fingerprint density at radius 3 is 1.53 bits per heavy atom. The summed E-state index contributed by atoms with van der Waals surface area (Å²) < 4.78 is 65.6. The summed E-state index contributed by atoms with van der Waals surface area (Å²) in [7, 11) is -9.71. The molecule has 0 radical (unpaired) electrons. The average Bonchev–Trinajstić information content (AvgIpc) is 2.91. The molecule has 0 fully saturated rings. The Morgan fingerprint density at radius 2 is 1.05 bits per heavy atom. The van der Waals surface area contributed by atoms with E-state index >= 15 is 0 Å². The first-order valence-electron chi connectivity index (χ1n) is 11.5. The normalized spacial score (nSPS) is 11.6. The molecule has 4 aromatic rings. The van der Waals surface area contributed by atoms with Crippen molar-refractivity contribution in [3.63, 3.8) is 0 Å². The molecule has 0 aromatic heterocycles. The van der Waals surface area contributed by atoms with E-state index in [1.807, 2.05) is 0 Å². The zero-order valence-electron chi connectivity index (χ0n) is 21.2. The number of hydrogen-bond acceptors (Lipinski definition) is 9. The summed E-state index contributed by atoms with van der Waals surface area (Å²) in [6, 6.07) is 11.0. The van der Waals surface area contributed by atoms with Crippen molar-refractivity contribution in [3.8, 4) is 5.75 Å². The van der Waals surface area contributed by atoms with E-state index in [-0.39, 0.29) is 33.3 Å². The number of carboxylic acids is 2. The van der Waals surface area contributed by atoms with Crippen molar-refractivity contribution in [1.29, 1.82) is 0 Å². The van der Waals surface area contributed by atoms with Gasteiger partial charge in [-0.3, -0.25) is 18.7 Å². The lowest BCUT2D eigenvalue weighted by atomic mass is 10.0. The Labute approximate surface area is 241 Å². The van der Waals surface area contributed by atoms with Crippen LogP contribution in [0.5, 0.6) is 5.75 Å². The highest BCUT2D eigenvalue weighted by Crippen LogP contribution is 2.37. The molecule has 222 valence electrons. The van der Waals surface area contributed by atoms with Crippen LogP contribution in [-0.4, -0.2) is 65.0 Å².